The molecular formula is C21H16N2O5S2. The van der Waals surface area contributed by atoms with Gasteiger partial charge in [-0.1, -0.05) is 42.2 Å². The molecular weight excluding hydrogens is 424 g/mol. The molecule has 1 fully saturated rings. The van der Waals surface area contributed by atoms with Gasteiger partial charge in [0.2, 0.25) is 0 Å². The molecule has 1 N–H and O–H groups in total. The fraction of sp³-hybridized carbons (Fsp3) is 0.143. The van der Waals surface area contributed by atoms with Crippen LogP contribution in [-0.2, 0) is 14.4 Å². The van der Waals surface area contributed by atoms with Crippen molar-refractivity contribution in [2.24, 2.45) is 0 Å². The van der Waals surface area contributed by atoms with Crippen LogP contribution in [0.1, 0.15) is 12.5 Å². The van der Waals surface area contributed by atoms with E-state index in [0.717, 1.165) is 11.8 Å². The molecule has 2 aromatic carbocycles. The molecule has 0 spiro atoms. The number of carbonyl (C=O) groups is 3. The minimum Gasteiger partial charge on any atom is -0.497 e. The topological polar surface area (TPSA) is 87.2 Å². The standard InChI is InChI=1S/C21H16N2O5S2/c1-11(20(26)27)22-15-6-4-3-5-14(15)16(18(22)24)17-19(25)23(21(29)30-17)12-7-9-13(28-2)10-8-12/h3-11H,1-2H3,(H,26,27)/b17-16+/t11-/m0/s1. The van der Waals surface area contributed by atoms with Crippen molar-refractivity contribution in [3.05, 3.63) is 59.0 Å². The van der Waals surface area contributed by atoms with Crippen molar-refractivity contribution in [2.75, 3.05) is 16.9 Å². The zero-order valence-electron chi connectivity index (χ0n) is 16.0. The second-order valence-corrected chi connectivity index (χ2v) is 8.26. The largest absolute Gasteiger partial charge is 0.497 e. The summed E-state index contributed by atoms with van der Waals surface area (Å²) in [5.41, 5.74) is 1.71. The lowest BCUT2D eigenvalue weighted by Crippen LogP contribution is -2.41. The number of hydrogen-bond acceptors (Lipinski definition) is 6. The van der Waals surface area contributed by atoms with E-state index in [0.29, 0.717) is 27.0 Å². The number of hydrogen-bond donors (Lipinski definition) is 1. The zero-order chi connectivity index (χ0) is 21.6. The van der Waals surface area contributed by atoms with Gasteiger partial charge in [-0.05, 0) is 37.3 Å². The zero-order valence-corrected chi connectivity index (χ0v) is 17.6. The summed E-state index contributed by atoms with van der Waals surface area (Å²) in [7, 11) is 1.55. The Bertz CT molecular complexity index is 1130. The van der Waals surface area contributed by atoms with Crippen LogP contribution in [0.4, 0.5) is 11.4 Å². The number of carboxylic acids is 1. The van der Waals surface area contributed by atoms with Gasteiger partial charge in [-0.2, -0.15) is 0 Å². The van der Waals surface area contributed by atoms with E-state index in [2.05, 4.69) is 0 Å². The van der Waals surface area contributed by atoms with Crippen LogP contribution in [0.3, 0.4) is 0 Å². The quantitative estimate of drug-likeness (QED) is 0.577. The van der Waals surface area contributed by atoms with Gasteiger partial charge in [-0.15, -0.1) is 0 Å². The molecule has 30 heavy (non-hydrogen) atoms. The first kappa shape index (κ1) is 20.1. The number of rotatable bonds is 4. The van der Waals surface area contributed by atoms with Crippen LogP contribution in [0.5, 0.6) is 5.75 Å². The van der Waals surface area contributed by atoms with Crippen molar-refractivity contribution >= 4 is 63.0 Å². The van der Waals surface area contributed by atoms with Gasteiger partial charge in [0.15, 0.2) is 4.32 Å². The van der Waals surface area contributed by atoms with E-state index in [1.165, 1.54) is 16.7 Å². The lowest BCUT2D eigenvalue weighted by molar-refractivity contribution is -0.139. The number of carbonyl (C=O) groups excluding carboxylic acids is 2. The molecule has 4 rings (SSSR count). The van der Waals surface area contributed by atoms with Crippen LogP contribution in [0.15, 0.2) is 53.4 Å². The van der Waals surface area contributed by atoms with Crippen LogP contribution in [-0.4, -0.2) is 40.4 Å². The van der Waals surface area contributed by atoms with E-state index >= 15 is 0 Å². The number of carboxylic acid groups (broad SMARTS) is 1. The highest BCUT2D eigenvalue weighted by Gasteiger charge is 2.44. The molecule has 2 heterocycles. The molecule has 2 amide bonds. The van der Waals surface area contributed by atoms with E-state index in [-0.39, 0.29) is 10.5 Å². The Morgan fingerprint density at radius 3 is 2.40 bits per heavy atom. The third-order valence-corrected chi connectivity index (χ3v) is 6.31. The van der Waals surface area contributed by atoms with Crippen molar-refractivity contribution in [3.8, 4) is 5.75 Å². The minimum absolute atomic E-state index is 0.173. The second kappa shape index (κ2) is 7.58. The maximum atomic E-state index is 13.3. The highest BCUT2D eigenvalue weighted by molar-refractivity contribution is 8.27. The van der Waals surface area contributed by atoms with Crippen LogP contribution >= 0.6 is 24.0 Å². The lowest BCUT2D eigenvalue weighted by atomic mass is 10.1. The number of thioether (sulfide) groups is 1. The van der Waals surface area contributed by atoms with Crippen LogP contribution in [0, 0.1) is 0 Å². The molecule has 2 aromatic rings. The Morgan fingerprint density at radius 1 is 1.10 bits per heavy atom. The molecule has 0 bridgehead atoms. The number of amides is 2. The highest BCUT2D eigenvalue weighted by atomic mass is 32.2. The molecule has 2 aliphatic heterocycles. The summed E-state index contributed by atoms with van der Waals surface area (Å²) in [6.07, 6.45) is 0. The van der Waals surface area contributed by atoms with Crippen molar-refractivity contribution in [2.45, 2.75) is 13.0 Å². The predicted octanol–water partition coefficient (Wildman–Crippen LogP) is 3.29. The predicted molar refractivity (Wildman–Crippen MR) is 119 cm³/mol. The number of ether oxygens (including phenoxy) is 1. The Hall–Kier alpha value is -3.17. The number of benzene rings is 2. The summed E-state index contributed by atoms with van der Waals surface area (Å²) in [6.45, 7) is 1.43. The fourth-order valence-corrected chi connectivity index (χ4v) is 4.80. The van der Waals surface area contributed by atoms with Crippen LogP contribution in [0.25, 0.3) is 5.57 Å². The van der Waals surface area contributed by atoms with E-state index in [4.69, 9.17) is 17.0 Å². The van der Waals surface area contributed by atoms with Crippen molar-refractivity contribution < 1.29 is 24.2 Å². The van der Waals surface area contributed by atoms with Gasteiger partial charge in [0.25, 0.3) is 11.8 Å². The molecule has 1 atom stereocenters. The summed E-state index contributed by atoms with van der Waals surface area (Å²) in [5, 5.41) is 9.44. The maximum absolute atomic E-state index is 13.3. The monoisotopic (exact) mass is 440 g/mol. The minimum atomic E-state index is -1.13. The Labute approximate surface area is 181 Å². The van der Waals surface area contributed by atoms with Crippen molar-refractivity contribution in [3.63, 3.8) is 0 Å². The molecule has 1 saturated heterocycles. The lowest BCUT2D eigenvalue weighted by Gasteiger charge is -2.21. The molecule has 9 heteroatoms. The summed E-state index contributed by atoms with van der Waals surface area (Å²) in [6, 6.07) is 12.6. The normalized spacial score (nSPS) is 19.3. The Balaban J connectivity index is 1.81. The number of thiocarbonyl (C=S) groups is 1. The van der Waals surface area contributed by atoms with E-state index in [9.17, 15) is 19.5 Å². The van der Waals surface area contributed by atoms with E-state index < -0.39 is 23.8 Å². The van der Waals surface area contributed by atoms with Gasteiger partial charge in [0, 0.05) is 5.56 Å². The van der Waals surface area contributed by atoms with Crippen LogP contribution < -0.4 is 14.5 Å². The van der Waals surface area contributed by atoms with Gasteiger partial charge in [-0.25, -0.2) is 4.79 Å². The molecule has 0 saturated carbocycles. The fourth-order valence-electron chi connectivity index (χ4n) is 3.43. The Kier molecular flexibility index (Phi) is 5.08. The third-order valence-electron chi connectivity index (χ3n) is 4.94. The first-order valence-corrected chi connectivity index (χ1v) is 10.2. The first-order valence-electron chi connectivity index (χ1n) is 8.95. The second-order valence-electron chi connectivity index (χ2n) is 6.62. The SMILES string of the molecule is COc1ccc(N2C(=O)/C(=C3\C(=O)N([C@@H](C)C(=O)O)c4ccccc43)SC2=S)cc1. The van der Waals surface area contributed by atoms with Gasteiger partial charge in [-0.3, -0.25) is 19.4 Å². The third kappa shape index (κ3) is 3.06. The summed E-state index contributed by atoms with van der Waals surface area (Å²) >= 11 is 6.45. The van der Waals surface area contributed by atoms with Crippen molar-refractivity contribution in [1.29, 1.82) is 0 Å². The molecule has 2 aliphatic rings. The van der Waals surface area contributed by atoms with Gasteiger partial charge < -0.3 is 9.84 Å². The first-order chi connectivity index (χ1) is 14.3. The number of aliphatic carboxylic acids is 1. The smallest absolute Gasteiger partial charge is 0.326 e. The average Bonchev–Trinajstić information content (AvgIpc) is 3.19. The Morgan fingerprint density at radius 2 is 1.77 bits per heavy atom. The average molecular weight is 441 g/mol. The summed E-state index contributed by atoms with van der Waals surface area (Å²) in [4.78, 5) is 40.8. The van der Waals surface area contributed by atoms with Crippen LogP contribution in [0.2, 0.25) is 0 Å². The number of fused-ring (bicyclic) bond motifs is 1. The molecule has 0 aliphatic carbocycles. The summed E-state index contributed by atoms with van der Waals surface area (Å²) in [5.74, 6) is -1.44. The molecule has 0 radical (unpaired) electrons. The number of methoxy groups -OCH3 is 1. The summed E-state index contributed by atoms with van der Waals surface area (Å²) < 4.78 is 5.44. The van der Waals surface area contributed by atoms with E-state index in [1.807, 2.05) is 0 Å². The van der Waals surface area contributed by atoms with Gasteiger partial charge >= 0.3 is 5.97 Å². The van der Waals surface area contributed by atoms with Crippen molar-refractivity contribution in [1.82, 2.24) is 0 Å². The highest BCUT2D eigenvalue weighted by Crippen LogP contribution is 2.46. The maximum Gasteiger partial charge on any atom is 0.326 e. The molecule has 7 nitrogen and oxygen atoms in total. The van der Waals surface area contributed by atoms with Gasteiger partial charge in [0.1, 0.15) is 11.8 Å². The van der Waals surface area contributed by atoms with Gasteiger partial charge in [0.05, 0.1) is 29.0 Å². The number of para-hydroxylation sites is 1. The molecule has 0 aromatic heterocycles. The van der Waals surface area contributed by atoms with E-state index in [1.54, 1.807) is 55.6 Å². The number of anilines is 2. The molecule has 152 valence electrons. The molecule has 0 unspecified atom stereocenters. The number of nitrogens with zero attached hydrogens (tertiary/aromatic N) is 2.